The third-order valence-corrected chi connectivity index (χ3v) is 8.56. The number of hydrogen-bond donors (Lipinski definition) is 0. The molecule has 0 atom stereocenters. The Bertz CT molecular complexity index is 2060. The van der Waals surface area contributed by atoms with Gasteiger partial charge in [-0.1, -0.05) is 121 Å². The molecule has 0 saturated heterocycles. The van der Waals surface area contributed by atoms with E-state index in [1.807, 2.05) is 18.2 Å². The van der Waals surface area contributed by atoms with Crippen LogP contribution in [-0.4, -0.2) is 0 Å². The molecule has 1 heterocycles. The average Bonchev–Trinajstić information content (AvgIpc) is 3.37. The van der Waals surface area contributed by atoms with Crippen LogP contribution in [0.25, 0.3) is 55.3 Å². The van der Waals surface area contributed by atoms with Crippen LogP contribution in [-0.2, 0) is 12.8 Å². The third kappa shape index (κ3) is 3.70. The van der Waals surface area contributed by atoms with Crippen molar-refractivity contribution in [3.63, 3.8) is 0 Å². The molecule has 40 heavy (non-hydrogen) atoms. The second kappa shape index (κ2) is 9.26. The van der Waals surface area contributed by atoms with Crippen molar-refractivity contribution < 1.29 is 4.42 Å². The summed E-state index contributed by atoms with van der Waals surface area (Å²) in [5.41, 5.74) is 14.5. The van der Waals surface area contributed by atoms with Gasteiger partial charge in [0.2, 0.25) is 0 Å². The summed E-state index contributed by atoms with van der Waals surface area (Å²) in [6, 6.07) is 45.5. The van der Waals surface area contributed by atoms with Crippen molar-refractivity contribution in [1.82, 2.24) is 0 Å². The lowest BCUT2D eigenvalue weighted by Crippen LogP contribution is -2.04. The standard InChI is InChI=1S/C38H25ClO/c39-28-19-16-24(17-20-28)29-13-7-14-32-30-10-3-1-8-25(30)22-26-9-2-4-11-31(26)37-27(23-35(29)32)18-21-34-33-12-5-6-15-36(33)40-38(34)37/h1-21H,22-23H2. The summed E-state index contributed by atoms with van der Waals surface area (Å²) in [6.45, 7) is 0. The highest BCUT2D eigenvalue weighted by Gasteiger charge is 2.23. The highest BCUT2D eigenvalue weighted by molar-refractivity contribution is 6.30. The molecular formula is C38H25ClO. The van der Waals surface area contributed by atoms with Crippen molar-refractivity contribution in [3.05, 3.63) is 155 Å². The SMILES string of the molecule is Clc1ccc(-c2cccc3c2Cc2ccc4c(oc5ccccc54)c2-c2ccccc2Cc2ccccc2-3)cc1. The first-order chi connectivity index (χ1) is 19.7. The molecule has 190 valence electrons. The maximum atomic E-state index is 6.65. The molecule has 0 spiro atoms. The van der Waals surface area contributed by atoms with Gasteiger partial charge in [-0.25, -0.2) is 0 Å². The fourth-order valence-corrected chi connectivity index (χ4v) is 6.58. The molecule has 0 amide bonds. The van der Waals surface area contributed by atoms with E-state index in [9.17, 15) is 0 Å². The largest absolute Gasteiger partial charge is 0.455 e. The van der Waals surface area contributed by atoms with Crippen LogP contribution in [0.15, 0.2) is 132 Å². The van der Waals surface area contributed by atoms with Crippen LogP contribution in [0.4, 0.5) is 0 Å². The molecule has 0 N–H and O–H groups in total. The molecule has 1 aromatic heterocycles. The molecule has 0 unspecified atom stereocenters. The Morgan fingerprint density at radius 1 is 0.475 bits per heavy atom. The van der Waals surface area contributed by atoms with E-state index in [0.29, 0.717) is 0 Å². The second-order valence-electron chi connectivity index (χ2n) is 10.6. The summed E-state index contributed by atoms with van der Waals surface area (Å²) in [5, 5.41) is 3.06. The summed E-state index contributed by atoms with van der Waals surface area (Å²) in [7, 11) is 0. The van der Waals surface area contributed by atoms with E-state index >= 15 is 0 Å². The highest BCUT2D eigenvalue weighted by Crippen LogP contribution is 2.44. The lowest BCUT2D eigenvalue weighted by Gasteiger charge is -2.23. The zero-order chi connectivity index (χ0) is 26.6. The summed E-state index contributed by atoms with van der Waals surface area (Å²) < 4.78 is 6.65. The van der Waals surface area contributed by atoms with E-state index in [1.54, 1.807) is 0 Å². The number of para-hydroxylation sites is 1. The maximum Gasteiger partial charge on any atom is 0.143 e. The smallest absolute Gasteiger partial charge is 0.143 e. The van der Waals surface area contributed by atoms with Crippen molar-refractivity contribution in [1.29, 1.82) is 0 Å². The Balaban J connectivity index is 1.48. The fraction of sp³-hybridized carbons (Fsp3) is 0.0526. The monoisotopic (exact) mass is 532 g/mol. The van der Waals surface area contributed by atoms with Crippen LogP contribution in [0.5, 0.6) is 0 Å². The predicted molar refractivity (Wildman–Crippen MR) is 167 cm³/mol. The molecule has 1 nitrogen and oxygen atoms in total. The van der Waals surface area contributed by atoms with Gasteiger partial charge in [0.05, 0.1) is 0 Å². The number of furan rings is 1. The number of rotatable bonds is 1. The van der Waals surface area contributed by atoms with Crippen molar-refractivity contribution in [2.45, 2.75) is 12.8 Å². The first-order valence-electron chi connectivity index (χ1n) is 13.7. The predicted octanol–water partition coefficient (Wildman–Crippen LogP) is 10.7. The normalized spacial score (nSPS) is 12.4. The van der Waals surface area contributed by atoms with Crippen LogP contribution < -0.4 is 0 Å². The van der Waals surface area contributed by atoms with Crippen molar-refractivity contribution in [3.8, 4) is 33.4 Å². The summed E-state index contributed by atoms with van der Waals surface area (Å²) in [5.74, 6) is 0. The van der Waals surface area contributed by atoms with Gasteiger partial charge in [0.25, 0.3) is 0 Å². The molecule has 7 aromatic rings. The van der Waals surface area contributed by atoms with Gasteiger partial charge >= 0.3 is 0 Å². The van der Waals surface area contributed by atoms with Gasteiger partial charge in [-0.3, -0.25) is 0 Å². The first kappa shape index (κ1) is 23.3. The zero-order valence-corrected chi connectivity index (χ0v) is 22.6. The van der Waals surface area contributed by atoms with Gasteiger partial charge in [-0.05, 0) is 81.1 Å². The lowest BCUT2D eigenvalue weighted by atomic mass is 9.81. The van der Waals surface area contributed by atoms with E-state index in [-0.39, 0.29) is 0 Å². The van der Waals surface area contributed by atoms with E-state index in [0.717, 1.165) is 39.8 Å². The van der Waals surface area contributed by atoms with Gasteiger partial charge in [-0.2, -0.15) is 0 Å². The van der Waals surface area contributed by atoms with Gasteiger partial charge < -0.3 is 4.42 Å². The molecular weight excluding hydrogens is 508 g/mol. The molecule has 0 fully saturated rings. The van der Waals surface area contributed by atoms with Crippen molar-refractivity contribution >= 4 is 33.5 Å². The molecule has 0 saturated carbocycles. The van der Waals surface area contributed by atoms with E-state index in [4.69, 9.17) is 16.0 Å². The van der Waals surface area contributed by atoms with Gasteiger partial charge in [0.15, 0.2) is 0 Å². The summed E-state index contributed by atoms with van der Waals surface area (Å²) >= 11 is 6.29. The minimum absolute atomic E-state index is 0.746. The molecule has 8 rings (SSSR count). The van der Waals surface area contributed by atoms with Gasteiger partial charge in [0.1, 0.15) is 11.2 Å². The molecule has 1 aliphatic rings. The van der Waals surface area contributed by atoms with E-state index < -0.39 is 0 Å². The topological polar surface area (TPSA) is 13.1 Å². The van der Waals surface area contributed by atoms with Crippen LogP contribution in [0.2, 0.25) is 5.02 Å². The Labute approximate surface area is 238 Å². The number of hydrogen-bond acceptors (Lipinski definition) is 1. The molecule has 1 aliphatic carbocycles. The zero-order valence-electron chi connectivity index (χ0n) is 21.8. The quantitative estimate of drug-likeness (QED) is 0.205. The number of fused-ring (bicyclic) bond motifs is 10. The van der Waals surface area contributed by atoms with Crippen molar-refractivity contribution in [2.75, 3.05) is 0 Å². The Kier molecular flexibility index (Phi) is 5.40. The van der Waals surface area contributed by atoms with Crippen LogP contribution in [0, 0.1) is 0 Å². The average molecular weight is 533 g/mol. The maximum absolute atomic E-state index is 6.65. The Morgan fingerprint density at radius 2 is 1.15 bits per heavy atom. The lowest BCUT2D eigenvalue weighted by molar-refractivity contribution is 0.669. The van der Waals surface area contributed by atoms with E-state index in [1.165, 1.54) is 55.6 Å². The Hall–Kier alpha value is -4.59. The van der Waals surface area contributed by atoms with Gasteiger partial charge in [-0.15, -0.1) is 0 Å². The minimum Gasteiger partial charge on any atom is -0.455 e. The molecule has 0 radical (unpaired) electrons. The number of halogens is 1. The van der Waals surface area contributed by atoms with Crippen LogP contribution >= 0.6 is 11.6 Å². The van der Waals surface area contributed by atoms with Crippen LogP contribution in [0.1, 0.15) is 22.3 Å². The minimum atomic E-state index is 0.746. The fourth-order valence-electron chi connectivity index (χ4n) is 6.45. The van der Waals surface area contributed by atoms with Gasteiger partial charge in [0, 0.05) is 21.4 Å². The van der Waals surface area contributed by atoms with Crippen molar-refractivity contribution in [2.24, 2.45) is 0 Å². The molecule has 6 aromatic carbocycles. The molecule has 0 bridgehead atoms. The van der Waals surface area contributed by atoms with Crippen LogP contribution in [0.3, 0.4) is 0 Å². The highest BCUT2D eigenvalue weighted by atomic mass is 35.5. The molecule has 2 heteroatoms. The molecule has 0 aliphatic heterocycles. The summed E-state index contributed by atoms with van der Waals surface area (Å²) in [4.78, 5) is 0. The number of benzene rings is 6. The Morgan fingerprint density at radius 3 is 2.00 bits per heavy atom. The van der Waals surface area contributed by atoms with E-state index in [2.05, 4.69) is 109 Å². The third-order valence-electron chi connectivity index (χ3n) is 8.31. The second-order valence-corrected chi connectivity index (χ2v) is 11.0. The summed E-state index contributed by atoms with van der Waals surface area (Å²) in [6.07, 6.45) is 1.62. The first-order valence-corrected chi connectivity index (χ1v) is 14.1.